The normalized spacial score (nSPS) is 25.3. The largest absolute Gasteiger partial charge is 0.462 e. The molecule has 0 saturated carbocycles. The first kappa shape index (κ1) is 29.5. The molecular weight excluding hydrogens is 546 g/mol. The number of aliphatic hydroxyl groups excluding tert-OH is 1. The second-order valence-corrected chi connectivity index (χ2v) is 10.5. The Hall–Kier alpha value is -3.10. The molecule has 3 N–H and O–H groups in total. The molecule has 206 valence electrons. The third-order valence-corrected chi connectivity index (χ3v) is 7.09. The molecule has 3 rings (SSSR count). The summed E-state index contributed by atoms with van der Waals surface area (Å²) in [6.07, 6.45) is -5.20. The first-order valence-corrected chi connectivity index (χ1v) is 13.2. The zero-order valence-electron chi connectivity index (χ0n) is 20.5. The summed E-state index contributed by atoms with van der Waals surface area (Å²) >= 11 is 5.05. The van der Waals surface area contributed by atoms with Crippen LogP contribution in [0.5, 0.6) is 5.75 Å². The predicted octanol–water partition coefficient (Wildman–Crippen LogP) is 3.27. The van der Waals surface area contributed by atoms with Crippen molar-refractivity contribution in [1.29, 1.82) is 0 Å². The number of hydrogen-bond donors (Lipinski definition) is 3. The molecule has 17 heteroatoms. The van der Waals surface area contributed by atoms with Crippen molar-refractivity contribution in [2.24, 2.45) is 5.11 Å². The van der Waals surface area contributed by atoms with Crippen LogP contribution in [-0.2, 0) is 23.4 Å². The minimum absolute atomic E-state index is 0.0761. The van der Waals surface area contributed by atoms with Crippen LogP contribution in [0.1, 0.15) is 27.0 Å². The lowest BCUT2D eigenvalue weighted by Crippen LogP contribution is -2.43. The molecule has 0 radical (unpaired) electrons. The highest BCUT2D eigenvalue weighted by Crippen LogP contribution is 2.48. The number of H-pyrrole nitrogens is 1. The van der Waals surface area contributed by atoms with Crippen molar-refractivity contribution >= 4 is 25.9 Å². The van der Waals surface area contributed by atoms with Gasteiger partial charge in [-0.1, -0.05) is 23.3 Å². The first-order chi connectivity index (χ1) is 17.9. The number of nitrogens with one attached hydrogen (secondary N) is 2. The Kier molecular flexibility index (Phi) is 9.44. The summed E-state index contributed by atoms with van der Waals surface area (Å²) in [5, 5.41) is 16.3. The summed E-state index contributed by atoms with van der Waals surface area (Å²) in [6.45, 7) is 3.57. The van der Waals surface area contributed by atoms with Crippen molar-refractivity contribution < 1.29 is 37.4 Å². The van der Waals surface area contributed by atoms with Crippen LogP contribution in [0, 0.1) is 4.77 Å². The van der Waals surface area contributed by atoms with Gasteiger partial charge in [0, 0.05) is 17.2 Å². The Labute approximate surface area is 220 Å². The number of nitrogens with zero attached hydrogens (tertiary/aromatic N) is 4. The molecule has 1 aromatic carbocycles. The lowest BCUT2D eigenvalue weighted by atomic mass is 10.1. The number of carbonyl (C=O) groups is 1. The summed E-state index contributed by atoms with van der Waals surface area (Å²) in [7, 11) is -4.50. The van der Waals surface area contributed by atoms with E-state index < -0.39 is 62.3 Å². The smallest absolute Gasteiger partial charge is 0.459 e. The number of aliphatic hydroxyl groups is 1. The molecule has 0 spiro atoms. The molecule has 1 fully saturated rings. The van der Waals surface area contributed by atoms with Crippen molar-refractivity contribution in [3.63, 3.8) is 0 Å². The number of halogens is 1. The maximum absolute atomic E-state index is 15.4. The molecular formula is C21H26FN6O8PS. The van der Waals surface area contributed by atoms with E-state index in [4.69, 9.17) is 36.3 Å². The maximum atomic E-state index is 15.4. The summed E-state index contributed by atoms with van der Waals surface area (Å²) in [5.41, 5.74) is 6.05. The van der Waals surface area contributed by atoms with Crippen LogP contribution in [0.25, 0.3) is 10.4 Å². The second-order valence-electron chi connectivity index (χ2n) is 8.46. The Morgan fingerprint density at radius 2 is 2.08 bits per heavy atom. The number of hydrogen-bond acceptors (Lipinski definition) is 10. The van der Waals surface area contributed by atoms with Gasteiger partial charge in [0.1, 0.15) is 17.9 Å². The van der Waals surface area contributed by atoms with Gasteiger partial charge in [0.25, 0.3) is 5.56 Å². The van der Waals surface area contributed by atoms with Crippen molar-refractivity contribution in [3.8, 4) is 5.75 Å². The third kappa shape index (κ3) is 6.85. The number of benzene rings is 1. The van der Waals surface area contributed by atoms with Crippen LogP contribution in [0.15, 0.2) is 52.5 Å². The van der Waals surface area contributed by atoms with Gasteiger partial charge in [-0.25, -0.2) is 8.96 Å². The Morgan fingerprint density at radius 3 is 2.68 bits per heavy atom. The minimum atomic E-state index is -4.50. The first-order valence-electron chi connectivity index (χ1n) is 11.2. The van der Waals surface area contributed by atoms with E-state index in [9.17, 15) is 19.3 Å². The van der Waals surface area contributed by atoms with E-state index >= 15 is 4.39 Å². The number of rotatable bonds is 11. The number of azide groups is 1. The van der Waals surface area contributed by atoms with E-state index in [1.807, 2.05) is 0 Å². The fourth-order valence-electron chi connectivity index (χ4n) is 3.41. The average molecular weight is 573 g/mol. The summed E-state index contributed by atoms with van der Waals surface area (Å²) < 4.78 is 51.6. The molecule has 2 aromatic rings. The molecule has 1 saturated heterocycles. The number of aromatic nitrogens is 2. The van der Waals surface area contributed by atoms with Crippen molar-refractivity contribution in [1.82, 2.24) is 14.6 Å². The van der Waals surface area contributed by atoms with Gasteiger partial charge >= 0.3 is 13.7 Å². The van der Waals surface area contributed by atoms with Crippen LogP contribution in [0.2, 0.25) is 0 Å². The van der Waals surface area contributed by atoms with Crippen molar-refractivity contribution in [3.05, 3.63) is 68.2 Å². The van der Waals surface area contributed by atoms with Gasteiger partial charge in [-0.15, -0.1) is 0 Å². The van der Waals surface area contributed by atoms with Crippen LogP contribution < -0.4 is 15.2 Å². The average Bonchev–Trinajstić information content (AvgIpc) is 3.09. The Bertz CT molecular complexity index is 1350. The van der Waals surface area contributed by atoms with Gasteiger partial charge in [0.05, 0.1) is 12.7 Å². The number of para-hydroxylation sites is 1. The molecule has 0 aliphatic carbocycles. The zero-order valence-corrected chi connectivity index (χ0v) is 22.2. The van der Waals surface area contributed by atoms with Crippen molar-refractivity contribution in [2.45, 2.75) is 57.1 Å². The number of aromatic amines is 1. The molecule has 0 bridgehead atoms. The van der Waals surface area contributed by atoms with Crippen molar-refractivity contribution in [2.75, 3.05) is 6.61 Å². The zero-order chi connectivity index (χ0) is 28.1. The SMILES string of the molecule is CC(C)OC(=O)[C@H](C)NP(=O)(OC[C@@]1(N=[N+]=[N-])O[C@@H](n2ccc(=O)[nH]c2=S)[C@H](O)[C@@H]1F)Oc1ccccc1. The molecule has 1 unspecified atom stereocenters. The molecule has 6 atom stereocenters. The van der Waals surface area contributed by atoms with Gasteiger partial charge < -0.3 is 19.1 Å². The standard InChI is InChI=1S/C21H26FN6O8PS/c1-12(2)34-19(31)13(3)25-37(32,36-14-7-5-4-6-8-14)33-11-21(26-27-23)17(22)16(30)18(35-21)28-10-9-15(29)24-20(28)38/h4-10,12-13,16-18,30H,11H2,1-3H3,(H,25,32)(H,24,29,38)/t13-,16+,17-,18+,21+,37?/m0/s1. The van der Waals surface area contributed by atoms with Crippen LogP contribution in [0.3, 0.4) is 0 Å². The summed E-state index contributed by atoms with van der Waals surface area (Å²) in [6, 6.07) is 7.63. The molecule has 1 aliphatic heterocycles. The molecule has 0 amide bonds. The molecule has 14 nitrogen and oxygen atoms in total. The van der Waals surface area contributed by atoms with Gasteiger partial charge in [0.15, 0.2) is 17.2 Å². The van der Waals surface area contributed by atoms with Gasteiger partial charge in [-0.3, -0.25) is 23.7 Å². The minimum Gasteiger partial charge on any atom is -0.462 e. The monoisotopic (exact) mass is 572 g/mol. The van der Waals surface area contributed by atoms with Gasteiger partial charge in [-0.05, 0) is 50.7 Å². The lowest BCUT2D eigenvalue weighted by Gasteiger charge is -2.29. The highest BCUT2D eigenvalue weighted by molar-refractivity contribution is 7.71. The fourth-order valence-corrected chi connectivity index (χ4v) is 5.19. The molecule has 38 heavy (non-hydrogen) atoms. The van der Waals surface area contributed by atoms with E-state index in [1.54, 1.807) is 32.0 Å². The van der Waals surface area contributed by atoms with Gasteiger partial charge in [0.2, 0.25) is 5.72 Å². The number of ether oxygens (including phenoxy) is 2. The Balaban J connectivity index is 1.91. The van der Waals surface area contributed by atoms with E-state index in [2.05, 4.69) is 20.1 Å². The number of alkyl halides is 1. The quantitative estimate of drug-likeness (QED) is 0.0899. The van der Waals surface area contributed by atoms with Crippen LogP contribution >= 0.6 is 20.0 Å². The summed E-state index contributed by atoms with van der Waals surface area (Å²) in [4.78, 5) is 28.7. The Morgan fingerprint density at radius 1 is 1.39 bits per heavy atom. The predicted molar refractivity (Wildman–Crippen MR) is 133 cm³/mol. The summed E-state index contributed by atoms with van der Waals surface area (Å²) in [5.74, 6) is -0.694. The fraction of sp³-hybridized carbons (Fsp3) is 0.476. The van der Waals surface area contributed by atoms with E-state index in [1.165, 1.54) is 19.1 Å². The highest BCUT2D eigenvalue weighted by Gasteiger charge is 2.57. The number of esters is 1. The topological polar surface area (TPSA) is 190 Å². The van der Waals surface area contributed by atoms with E-state index in [0.29, 0.717) is 0 Å². The highest BCUT2D eigenvalue weighted by atomic mass is 32.1. The van der Waals surface area contributed by atoms with E-state index in [-0.39, 0.29) is 10.5 Å². The number of carbonyl (C=O) groups excluding carboxylic acids is 1. The maximum Gasteiger partial charge on any atom is 0.459 e. The molecule has 1 aliphatic rings. The van der Waals surface area contributed by atoms with Crippen LogP contribution in [0.4, 0.5) is 4.39 Å². The lowest BCUT2D eigenvalue weighted by molar-refractivity contribution is -0.149. The van der Waals surface area contributed by atoms with Gasteiger partial charge in [-0.2, -0.15) is 5.09 Å². The molecule has 2 heterocycles. The second kappa shape index (κ2) is 12.2. The van der Waals surface area contributed by atoms with Crippen LogP contribution in [-0.4, -0.2) is 57.4 Å². The molecule has 1 aromatic heterocycles. The third-order valence-electron chi connectivity index (χ3n) is 5.15. The van der Waals surface area contributed by atoms with E-state index in [0.717, 1.165) is 16.8 Å².